The summed E-state index contributed by atoms with van der Waals surface area (Å²) >= 11 is 6.06. The summed E-state index contributed by atoms with van der Waals surface area (Å²) in [4.78, 5) is 14.0. The lowest BCUT2D eigenvalue weighted by Gasteiger charge is -2.18. The zero-order chi connectivity index (χ0) is 17.4. The highest BCUT2D eigenvalue weighted by Gasteiger charge is 2.34. The summed E-state index contributed by atoms with van der Waals surface area (Å²) in [5.41, 5.74) is 0.981. The monoisotopic (exact) mass is 357 g/mol. The summed E-state index contributed by atoms with van der Waals surface area (Å²) in [6.45, 7) is 0.275. The van der Waals surface area contributed by atoms with E-state index in [-0.39, 0.29) is 23.4 Å². The highest BCUT2D eigenvalue weighted by molar-refractivity contribution is 6.32. The molecule has 24 heavy (non-hydrogen) atoms. The third-order valence-electron chi connectivity index (χ3n) is 4.16. The SMILES string of the molecule is CN(Cc1ccnn1C)C(=O)Cn1nc(C(F)F)c(Cl)c1C1CC1. The summed E-state index contributed by atoms with van der Waals surface area (Å²) in [6.07, 6.45) is 0.667. The van der Waals surface area contributed by atoms with Gasteiger partial charge < -0.3 is 4.90 Å². The quantitative estimate of drug-likeness (QED) is 0.798. The zero-order valence-corrected chi connectivity index (χ0v) is 14.2. The Morgan fingerprint density at radius 2 is 2.21 bits per heavy atom. The van der Waals surface area contributed by atoms with Gasteiger partial charge in [-0.15, -0.1) is 0 Å². The number of aryl methyl sites for hydroxylation is 1. The van der Waals surface area contributed by atoms with Crippen LogP contribution in [0.2, 0.25) is 5.02 Å². The molecule has 1 saturated carbocycles. The normalized spacial score (nSPS) is 14.4. The fraction of sp³-hybridized carbons (Fsp3) is 0.533. The van der Waals surface area contributed by atoms with E-state index in [1.807, 2.05) is 6.07 Å². The molecular formula is C15H18ClF2N5O. The molecule has 3 rings (SSSR count). The molecule has 0 unspecified atom stereocenters. The molecule has 2 aromatic rings. The molecule has 1 aliphatic carbocycles. The van der Waals surface area contributed by atoms with E-state index in [1.54, 1.807) is 25.0 Å². The van der Waals surface area contributed by atoms with Crippen molar-refractivity contribution < 1.29 is 13.6 Å². The van der Waals surface area contributed by atoms with Crippen molar-refractivity contribution >= 4 is 17.5 Å². The average Bonchev–Trinajstić information content (AvgIpc) is 3.19. The molecule has 0 saturated heterocycles. The third kappa shape index (κ3) is 3.28. The lowest BCUT2D eigenvalue weighted by molar-refractivity contribution is -0.131. The Morgan fingerprint density at radius 3 is 2.75 bits per heavy atom. The number of hydrogen-bond acceptors (Lipinski definition) is 3. The van der Waals surface area contributed by atoms with Gasteiger partial charge in [-0.2, -0.15) is 10.2 Å². The number of carbonyl (C=O) groups is 1. The molecule has 0 atom stereocenters. The Labute approximate surface area is 143 Å². The van der Waals surface area contributed by atoms with Crippen LogP contribution >= 0.6 is 11.6 Å². The van der Waals surface area contributed by atoms with E-state index in [4.69, 9.17) is 11.6 Å². The Bertz CT molecular complexity index is 753. The van der Waals surface area contributed by atoms with Gasteiger partial charge in [-0.05, 0) is 18.9 Å². The van der Waals surface area contributed by atoms with Gasteiger partial charge >= 0.3 is 0 Å². The number of carbonyl (C=O) groups excluding carboxylic acids is 1. The van der Waals surface area contributed by atoms with Crippen LogP contribution in [0.3, 0.4) is 0 Å². The predicted octanol–water partition coefficient (Wildman–Crippen LogP) is 2.74. The maximum Gasteiger partial charge on any atom is 0.283 e. The highest BCUT2D eigenvalue weighted by atomic mass is 35.5. The highest BCUT2D eigenvalue weighted by Crippen LogP contribution is 2.45. The van der Waals surface area contributed by atoms with Crippen LogP contribution in [0.5, 0.6) is 0 Å². The standard InChI is InChI=1S/C15H18ClF2N5O/c1-21(7-10-5-6-19-22(10)2)11(24)8-23-14(9-3-4-9)12(16)13(20-23)15(17)18/h5-6,9,15H,3-4,7-8H2,1-2H3. The molecule has 0 aromatic carbocycles. The number of amides is 1. The molecule has 0 N–H and O–H groups in total. The zero-order valence-electron chi connectivity index (χ0n) is 13.4. The number of aromatic nitrogens is 4. The van der Waals surface area contributed by atoms with Gasteiger partial charge in [0.05, 0.1) is 23.0 Å². The first-order valence-corrected chi connectivity index (χ1v) is 8.01. The molecule has 0 bridgehead atoms. The van der Waals surface area contributed by atoms with Crippen molar-refractivity contribution in [2.45, 2.75) is 38.3 Å². The first-order chi connectivity index (χ1) is 11.4. The smallest absolute Gasteiger partial charge is 0.283 e. The maximum absolute atomic E-state index is 13.0. The van der Waals surface area contributed by atoms with Crippen LogP contribution < -0.4 is 0 Å². The molecule has 2 aromatic heterocycles. The number of likely N-dealkylation sites (N-methyl/N-ethyl adjacent to an activating group) is 1. The van der Waals surface area contributed by atoms with E-state index in [1.165, 1.54) is 9.58 Å². The van der Waals surface area contributed by atoms with Crippen molar-refractivity contribution in [2.24, 2.45) is 7.05 Å². The number of alkyl halides is 2. The molecule has 2 heterocycles. The second-order valence-corrected chi connectivity index (χ2v) is 6.39. The van der Waals surface area contributed by atoms with E-state index in [0.717, 1.165) is 18.5 Å². The van der Waals surface area contributed by atoms with Crippen LogP contribution in [0.25, 0.3) is 0 Å². The van der Waals surface area contributed by atoms with Crippen molar-refractivity contribution in [3.63, 3.8) is 0 Å². The Kier molecular flexibility index (Phi) is 4.58. The largest absolute Gasteiger partial charge is 0.338 e. The lowest BCUT2D eigenvalue weighted by Crippen LogP contribution is -2.31. The van der Waals surface area contributed by atoms with Crippen molar-refractivity contribution in [3.8, 4) is 0 Å². The van der Waals surface area contributed by atoms with Crippen LogP contribution in [-0.2, 0) is 24.9 Å². The first-order valence-electron chi connectivity index (χ1n) is 7.63. The van der Waals surface area contributed by atoms with Crippen molar-refractivity contribution in [2.75, 3.05) is 7.05 Å². The Hall–Kier alpha value is -1.96. The van der Waals surface area contributed by atoms with Crippen LogP contribution in [-0.4, -0.2) is 37.4 Å². The van der Waals surface area contributed by atoms with Gasteiger partial charge in [-0.1, -0.05) is 11.6 Å². The van der Waals surface area contributed by atoms with E-state index in [9.17, 15) is 13.6 Å². The van der Waals surface area contributed by atoms with E-state index < -0.39 is 12.1 Å². The van der Waals surface area contributed by atoms with E-state index in [0.29, 0.717) is 12.2 Å². The van der Waals surface area contributed by atoms with Gasteiger partial charge in [0.15, 0.2) is 0 Å². The Morgan fingerprint density at radius 1 is 1.50 bits per heavy atom. The van der Waals surface area contributed by atoms with Crippen LogP contribution in [0.15, 0.2) is 12.3 Å². The fourth-order valence-corrected chi connectivity index (χ4v) is 2.99. The molecule has 9 heteroatoms. The van der Waals surface area contributed by atoms with Crippen LogP contribution in [0.4, 0.5) is 8.78 Å². The summed E-state index contributed by atoms with van der Waals surface area (Å²) < 4.78 is 29.1. The Balaban J connectivity index is 1.76. The topological polar surface area (TPSA) is 56.0 Å². The van der Waals surface area contributed by atoms with Gasteiger partial charge in [0, 0.05) is 26.2 Å². The van der Waals surface area contributed by atoms with Gasteiger partial charge in [0.1, 0.15) is 12.2 Å². The maximum atomic E-state index is 13.0. The molecule has 0 radical (unpaired) electrons. The predicted molar refractivity (Wildman–Crippen MR) is 83.9 cm³/mol. The van der Waals surface area contributed by atoms with Crippen molar-refractivity contribution in [1.29, 1.82) is 0 Å². The molecule has 0 spiro atoms. The lowest BCUT2D eigenvalue weighted by atomic mass is 10.2. The fourth-order valence-electron chi connectivity index (χ4n) is 2.62. The minimum absolute atomic E-state index is 0.00501. The summed E-state index contributed by atoms with van der Waals surface area (Å²) in [7, 11) is 3.45. The van der Waals surface area contributed by atoms with Gasteiger partial charge in [-0.3, -0.25) is 14.2 Å². The molecule has 6 nitrogen and oxygen atoms in total. The third-order valence-corrected chi connectivity index (χ3v) is 4.55. The van der Waals surface area contributed by atoms with Crippen molar-refractivity contribution in [1.82, 2.24) is 24.5 Å². The minimum Gasteiger partial charge on any atom is -0.338 e. The molecule has 1 aliphatic rings. The first kappa shape index (κ1) is 16.9. The van der Waals surface area contributed by atoms with E-state index >= 15 is 0 Å². The van der Waals surface area contributed by atoms with Gasteiger partial charge in [0.25, 0.3) is 6.43 Å². The molecular weight excluding hydrogens is 340 g/mol. The second kappa shape index (κ2) is 6.51. The molecule has 130 valence electrons. The van der Waals surface area contributed by atoms with Crippen molar-refractivity contribution in [3.05, 3.63) is 34.4 Å². The average molecular weight is 358 g/mol. The van der Waals surface area contributed by atoms with Crippen LogP contribution in [0, 0.1) is 0 Å². The summed E-state index contributed by atoms with van der Waals surface area (Å²) in [5, 5.41) is 7.93. The number of rotatable bonds is 6. The summed E-state index contributed by atoms with van der Waals surface area (Å²) in [5.74, 6) is -0.106. The number of halogens is 3. The van der Waals surface area contributed by atoms with Gasteiger partial charge in [0.2, 0.25) is 5.91 Å². The van der Waals surface area contributed by atoms with Crippen LogP contribution in [0.1, 0.15) is 42.3 Å². The second-order valence-electron chi connectivity index (χ2n) is 6.01. The minimum atomic E-state index is -2.75. The van der Waals surface area contributed by atoms with Gasteiger partial charge in [-0.25, -0.2) is 8.78 Å². The summed E-state index contributed by atoms with van der Waals surface area (Å²) in [6, 6.07) is 1.82. The number of hydrogen-bond donors (Lipinski definition) is 0. The van der Waals surface area contributed by atoms with E-state index in [2.05, 4.69) is 10.2 Å². The molecule has 1 fully saturated rings. The number of nitrogens with zero attached hydrogens (tertiary/aromatic N) is 5. The molecule has 0 aliphatic heterocycles. The molecule has 1 amide bonds.